The summed E-state index contributed by atoms with van der Waals surface area (Å²) >= 11 is 0. The minimum Gasteiger partial charge on any atom is -0.356 e. The number of carbonyl (C=O) groups excluding carboxylic acids is 1. The van der Waals surface area contributed by atoms with Crippen molar-refractivity contribution in [3.63, 3.8) is 0 Å². The molecule has 1 aliphatic rings. The van der Waals surface area contributed by atoms with Gasteiger partial charge in [-0.2, -0.15) is 4.98 Å². The van der Waals surface area contributed by atoms with E-state index in [0.29, 0.717) is 25.3 Å². The summed E-state index contributed by atoms with van der Waals surface area (Å²) < 4.78 is 5.22. The first-order valence-electron chi connectivity index (χ1n) is 8.60. The quantitative estimate of drug-likeness (QED) is 0.592. The third-order valence-electron chi connectivity index (χ3n) is 4.04. The van der Waals surface area contributed by atoms with Crippen LogP contribution in [-0.2, 0) is 11.2 Å². The normalized spacial score (nSPS) is 18.3. The highest BCUT2D eigenvalue weighted by molar-refractivity contribution is 5.80. The molecule has 2 N–H and O–H groups in total. The molecule has 1 amide bonds. The first-order valence-corrected chi connectivity index (χ1v) is 8.60. The molecule has 0 radical (unpaired) electrons. The Bertz CT molecular complexity index is 569. The van der Waals surface area contributed by atoms with E-state index in [1.54, 1.807) is 7.05 Å². The number of carbonyl (C=O) groups is 1. The molecule has 0 spiro atoms. The molecule has 0 aliphatic carbocycles. The Balaban J connectivity index is 1.74. The molecule has 0 saturated carbocycles. The lowest BCUT2D eigenvalue weighted by molar-refractivity contribution is -0.129. The van der Waals surface area contributed by atoms with Crippen molar-refractivity contribution in [3.05, 3.63) is 11.7 Å². The van der Waals surface area contributed by atoms with E-state index in [0.717, 1.165) is 31.3 Å². The second-order valence-corrected chi connectivity index (χ2v) is 6.27. The molecule has 1 aliphatic heterocycles. The third kappa shape index (κ3) is 4.94. The summed E-state index contributed by atoms with van der Waals surface area (Å²) in [4.78, 5) is 22.2. The minimum atomic E-state index is 0.208. The third-order valence-corrected chi connectivity index (χ3v) is 4.04. The van der Waals surface area contributed by atoms with Gasteiger partial charge in [0.2, 0.25) is 11.8 Å². The van der Waals surface area contributed by atoms with Crippen LogP contribution in [0.3, 0.4) is 0 Å². The Morgan fingerprint density at radius 2 is 2.29 bits per heavy atom. The molecule has 2 rings (SSSR count). The first kappa shape index (κ1) is 18.2. The Morgan fingerprint density at radius 1 is 1.50 bits per heavy atom. The Kier molecular flexibility index (Phi) is 6.57. The summed E-state index contributed by atoms with van der Waals surface area (Å²) in [6, 6.07) is 0.239. The standard InChI is InChI=1S/C16H28N6O2/c1-5-14(23)22-9-7-12(10-22)19-16(17-4)18-8-6-13-20-15(11(2)3)21-24-13/h11-12H,5-10H2,1-4H3,(H2,17,18,19). The summed E-state index contributed by atoms with van der Waals surface area (Å²) in [5.74, 6) is 2.57. The van der Waals surface area contributed by atoms with Gasteiger partial charge in [-0.25, -0.2) is 0 Å². The molecule has 1 atom stereocenters. The van der Waals surface area contributed by atoms with Gasteiger partial charge < -0.3 is 20.1 Å². The smallest absolute Gasteiger partial charge is 0.228 e. The molecule has 1 fully saturated rings. The van der Waals surface area contributed by atoms with Crippen LogP contribution in [0.5, 0.6) is 0 Å². The van der Waals surface area contributed by atoms with Crippen molar-refractivity contribution in [2.75, 3.05) is 26.7 Å². The SMILES string of the molecule is CCC(=O)N1CCC(NC(=NC)NCCc2nc(C(C)C)no2)C1. The maximum absolute atomic E-state index is 11.7. The van der Waals surface area contributed by atoms with Crippen molar-refractivity contribution in [3.8, 4) is 0 Å². The number of aromatic nitrogens is 2. The molecule has 8 nitrogen and oxygen atoms in total. The fourth-order valence-corrected chi connectivity index (χ4v) is 2.61. The summed E-state index contributed by atoms with van der Waals surface area (Å²) in [6.45, 7) is 8.16. The fourth-order valence-electron chi connectivity index (χ4n) is 2.61. The highest BCUT2D eigenvalue weighted by Gasteiger charge is 2.25. The Hall–Kier alpha value is -2.12. The van der Waals surface area contributed by atoms with Crippen LogP contribution in [0.1, 0.15) is 51.2 Å². The van der Waals surface area contributed by atoms with Gasteiger partial charge >= 0.3 is 0 Å². The highest BCUT2D eigenvalue weighted by atomic mass is 16.5. The number of likely N-dealkylation sites (tertiary alicyclic amines) is 1. The zero-order valence-electron chi connectivity index (χ0n) is 15.0. The second kappa shape index (κ2) is 8.65. The zero-order valence-corrected chi connectivity index (χ0v) is 15.0. The van der Waals surface area contributed by atoms with E-state index in [1.807, 2.05) is 25.7 Å². The van der Waals surface area contributed by atoms with Crippen molar-refractivity contribution in [2.45, 2.75) is 52.0 Å². The van der Waals surface area contributed by atoms with Crippen LogP contribution in [0, 0.1) is 0 Å². The van der Waals surface area contributed by atoms with Crippen LogP contribution in [0.2, 0.25) is 0 Å². The molecule has 134 valence electrons. The minimum absolute atomic E-state index is 0.208. The van der Waals surface area contributed by atoms with Crippen molar-refractivity contribution >= 4 is 11.9 Å². The van der Waals surface area contributed by atoms with Gasteiger partial charge in [-0.05, 0) is 6.42 Å². The lowest BCUT2D eigenvalue weighted by Gasteiger charge is -2.18. The average molecular weight is 336 g/mol. The van der Waals surface area contributed by atoms with E-state index in [2.05, 4.69) is 25.8 Å². The maximum atomic E-state index is 11.7. The van der Waals surface area contributed by atoms with Crippen molar-refractivity contribution in [2.24, 2.45) is 4.99 Å². The molecule has 1 aromatic rings. The number of rotatable bonds is 6. The molecule has 24 heavy (non-hydrogen) atoms. The number of nitrogens with one attached hydrogen (secondary N) is 2. The molecular formula is C16H28N6O2. The van der Waals surface area contributed by atoms with Crippen LogP contribution in [0.15, 0.2) is 9.52 Å². The zero-order chi connectivity index (χ0) is 17.5. The highest BCUT2D eigenvalue weighted by Crippen LogP contribution is 2.11. The number of hydrogen-bond donors (Lipinski definition) is 2. The molecule has 0 bridgehead atoms. The van der Waals surface area contributed by atoms with Crippen LogP contribution in [0.4, 0.5) is 0 Å². The molecule has 1 saturated heterocycles. The predicted octanol–water partition coefficient (Wildman–Crippen LogP) is 0.911. The number of hydrogen-bond acceptors (Lipinski definition) is 5. The lowest BCUT2D eigenvalue weighted by Crippen LogP contribution is -2.45. The molecule has 1 unspecified atom stereocenters. The molecule has 0 aromatic carbocycles. The van der Waals surface area contributed by atoms with Gasteiger partial charge in [0.25, 0.3) is 0 Å². The van der Waals surface area contributed by atoms with Gasteiger partial charge in [-0.15, -0.1) is 0 Å². The van der Waals surface area contributed by atoms with Crippen LogP contribution < -0.4 is 10.6 Å². The van der Waals surface area contributed by atoms with Crippen LogP contribution in [-0.4, -0.2) is 59.6 Å². The van der Waals surface area contributed by atoms with Gasteiger partial charge in [0.15, 0.2) is 11.8 Å². The van der Waals surface area contributed by atoms with Crippen molar-refractivity contribution in [1.82, 2.24) is 25.7 Å². The number of aliphatic imine (C=N–C) groups is 1. The van der Waals surface area contributed by atoms with Crippen LogP contribution in [0.25, 0.3) is 0 Å². The predicted molar refractivity (Wildman–Crippen MR) is 91.9 cm³/mol. The first-order chi connectivity index (χ1) is 11.5. The second-order valence-electron chi connectivity index (χ2n) is 6.27. The number of guanidine groups is 1. The Labute approximate surface area is 143 Å². The monoisotopic (exact) mass is 336 g/mol. The summed E-state index contributed by atoms with van der Waals surface area (Å²) in [7, 11) is 1.74. The van der Waals surface area contributed by atoms with Gasteiger partial charge in [0, 0.05) is 51.5 Å². The summed E-state index contributed by atoms with van der Waals surface area (Å²) in [6.07, 6.45) is 2.14. The molecule has 2 heterocycles. The molecular weight excluding hydrogens is 308 g/mol. The van der Waals surface area contributed by atoms with Gasteiger partial charge in [-0.3, -0.25) is 9.79 Å². The van der Waals surface area contributed by atoms with E-state index in [-0.39, 0.29) is 17.9 Å². The van der Waals surface area contributed by atoms with E-state index in [9.17, 15) is 4.79 Å². The number of nitrogens with zero attached hydrogens (tertiary/aromatic N) is 4. The van der Waals surface area contributed by atoms with Crippen molar-refractivity contribution in [1.29, 1.82) is 0 Å². The molecule has 1 aromatic heterocycles. The number of amides is 1. The van der Waals surface area contributed by atoms with E-state index in [1.165, 1.54) is 0 Å². The molecule has 8 heteroatoms. The van der Waals surface area contributed by atoms with Gasteiger partial charge in [0.05, 0.1) is 0 Å². The Morgan fingerprint density at radius 3 is 2.92 bits per heavy atom. The summed E-state index contributed by atoms with van der Waals surface area (Å²) in [5, 5.41) is 10.6. The van der Waals surface area contributed by atoms with Crippen LogP contribution >= 0.6 is 0 Å². The fraction of sp³-hybridized carbons (Fsp3) is 0.750. The van der Waals surface area contributed by atoms with E-state index < -0.39 is 0 Å². The maximum Gasteiger partial charge on any atom is 0.228 e. The van der Waals surface area contributed by atoms with Gasteiger partial charge in [-0.1, -0.05) is 25.9 Å². The van der Waals surface area contributed by atoms with E-state index in [4.69, 9.17) is 4.52 Å². The topological polar surface area (TPSA) is 95.7 Å². The average Bonchev–Trinajstić information content (AvgIpc) is 3.22. The van der Waals surface area contributed by atoms with E-state index >= 15 is 0 Å². The largest absolute Gasteiger partial charge is 0.356 e. The van der Waals surface area contributed by atoms with Gasteiger partial charge in [0.1, 0.15) is 0 Å². The summed E-state index contributed by atoms with van der Waals surface area (Å²) in [5.41, 5.74) is 0. The lowest BCUT2D eigenvalue weighted by atomic mass is 10.2. The van der Waals surface area contributed by atoms with Crippen molar-refractivity contribution < 1.29 is 9.32 Å².